The van der Waals surface area contributed by atoms with Crippen LogP contribution in [0.1, 0.15) is 44.1 Å². The Morgan fingerprint density at radius 1 is 1.22 bits per heavy atom. The van der Waals surface area contributed by atoms with Gasteiger partial charge in [-0.1, -0.05) is 12.1 Å². The molecule has 0 unspecified atom stereocenters. The highest BCUT2D eigenvalue weighted by atomic mass is 32.1. The highest BCUT2D eigenvalue weighted by molar-refractivity contribution is 7.17. The Morgan fingerprint density at radius 3 is 2.74 bits per heavy atom. The van der Waals surface area contributed by atoms with E-state index in [4.69, 9.17) is 5.73 Å². The van der Waals surface area contributed by atoms with Crippen LogP contribution in [0.2, 0.25) is 0 Å². The Hall–Kier alpha value is -3.00. The van der Waals surface area contributed by atoms with Crippen molar-refractivity contribution in [2.75, 3.05) is 5.32 Å². The minimum Gasteiger partial charge on any atom is -0.365 e. The molecule has 1 aromatic carbocycles. The van der Waals surface area contributed by atoms with Gasteiger partial charge in [-0.25, -0.2) is 0 Å². The molecule has 3 aromatic rings. The fourth-order valence-corrected chi connectivity index (χ4v) is 4.84. The van der Waals surface area contributed by atoms with Gasteiger partial charge in [-0.3, -0.25) is 19.1 Å². The van der Waals surface area contributed by atoms with E-state index in [0.29, 0.717) is 21.5 Å². The van der Waals surface area contributed by atoms with Gasteiger partial charge in [-0.15, -0.1) is 11.3 Å². The van der Waals surface area contributed by atoms with E-state index < -0.39 is 17.2 Å². The van der Waals surface area contributed by atoms with Crippen LogP contribution in [0, 0.1) is 0 Å². The maximum Gasteiger partial charge on any atom is 0.280 e. The van der Waals surface area contributed by atoms with Gasteiger partial charge in [-0.05, 0) is 43.4 Å². The molecular formula is C19H18N4O3S. The number of carbonyl (C=O) groups excluding carboxylic acids is 2. The Bertz CT molecular complexity index is 1150. The summed E-state index contributed by atoms with van der Waals surface area (Å²) in [6.07, 6.45) is 3.68. The van der Waals surface area contributed by atoms with Crippen LogP contribution in [0.4, 0.5) is 5.00 Å². The summed E-state index contributed by atoms with van der Waals surface area (Å²) >= 11 is 1.36. The molecule has 2 heterocycles. The Morgan fingerprint density at radius 2 is 1.96 bits per heavy atom. The normalized spacial score (nSPS) is 13.4. The van der Waals surface area contributed by atoms with Gasteiger partial charge in [0.1, 0.15) is 5.00 Å². The largest absolute Gasteiger partial charge is 0.365 e. The first kappa shape index (κ1) is 17.4. The van der Waals surface area contributed by atoms with Crippen LogP contribution in [0.15, 0.2) is 29.1 Å². The van der Waals surface area contributed by atoms with E-state index in [1.807, 2.05) is 0 Å². The van der Waals surface area contributed by atoms with Crippen molar-refractivity contribution >= 4 is 39.1 Å². The minimum absolute atomic E-state index is 0.210. The van der Waals surface area contributed by atoms with Gasteiger partial charge in [0, 0.05) is 17.3 Å². The van der Waals surface area contributed by atoms with Crippen LogP contribution in [0.25, 0.3) is 10.9 Å². The molecule has 2 amide bonds. The molecule has 0 saturated heterocycles. The zero-order valence-electron chi connectivity index (χ0n) is 14.7. The number of amides is 2. The summed E-state index contributed by atoms with van der Waals surface area (Å²) in [5.74, 6) is -1.20. The van der Waals surface area contributed by atoms with Gasteiger partial charge in [0.2, 0.25) is 5.43 Å². The lowest BCUT2D eigenvalue weighted by Crippen LogP contribution is -2.27. The molecule has 3 N–H and O–H groups in total. The summed E-state index contributed by atoms with van der Waals surface area (Å²) in [7, 11) is 1.68. The third kappa shape index (κ3) is 2.91. The van der Waals surface area contributed by atoms with Crippen LogP contribution in [-0.4, -0.2) is 21.6 Å². The highest BCUT2D eigenvalue weighted by Crippen LogP contribution is 2.38. The van der Waals surface area contributed by atoms with Crippen molar-refractivity contribution in [3.63, 3.8) is 0 Å². The summed E-state index contributed by atoms with van der Waals surface area (Å²) in [6, 6.07) is 6.97. The third-order valence-electron chi connectivity index (χ3n) is 4.82. The van der Waals surface area contributed by atoms with Crippen molar-refractivity contribution in [3.05, 3.63) is 56.2 Å². The molecule has 1 aliphatic rings. The van der Waals surface area contributed by atoms with Crippen molar-refractivity contribution in [3.8, 4) is 0 Å². The van der Waals surface area contributed by atoms with Crippen LogP contribution < -0.4 is 16.5 Å². The van der Waals surface area contributed by atoms with E-state index in [9.17, 15) is 14.4 Å². The molecular weight excluding hydrogens is 364 g/mol. The number of aromatic nitrogens is 2. The Balaban J connectivity index is 1.77. The molecule has 0 saturated carbocycles. The number of para-hydroxylation sites is 1. The number of carbonyl (C=O) groups is 2. The zero-order valence-corrected chi connectivity index (χ0v) is 15.6. The molecule has 2 aromatic heterocycles. The third-order valence-corrected chi connectivity index (χ3v) is 6.03. The SMILES string of the molecule is Cn1nc(C(=O)Nc2sc3c(c2C(N)=O)CCCC3)c(=O)c2ccccc21. The van der Waals surface area contributed by atoms with Crippen LogP contribution in [0.5, 0.6) is 0 Å². The van der Waals surface area contributed by atoms with Gasteiger partial charge in [0.15, 0.2) is 5.69 Å². The molecule has 0 aliphatic heterocycles. The second-order valence-corrected chi connectivity index (χ2v) is 7.66. The average molecular weight is 382 g/mol. The number of anilines is 1. The lowest BCUT2D eigenvalue weighted by molar-refractivity contribution is 0.100. The lowest BCUT2D eigenvalue weighted by atomic mass is 9.95. The summed E-state index contributed by atoms with van der Waals surface area (Å²) in [5.41, 5.74) is 6.84. The Kier molecular flexibility index (Phi) is 4.27. The minimum atomic E-state index is -0.637. The standard InChI is InChI=1S/C19H18N4O3S/c1-23-12-8-4-2-6-10(12)16(24)15(22-23)18(26)21-19-14(17(20)25)11-7-3-5-9-13(11)27-19/h2,4,6,8H,3,5,7,9H2,1H3,(H2,20,25)(H,21,26). The number of hydrogen-bond donors (Lipinski definition) is 2. The number of hydrogen-bond acceptors (Lipinski definition) is 5. The number of nitrogens with two attached hydrogens (primary N) is 1. The van der Waals surface area contributed by atoms with Crippen molar-refractivity contribution < 1.29 is 9.59 Å². The number of fused-ring (bicyclic) bond motifs is 2. The van der Waals surface area contributed by atoms with Gasteiger partial charge in [0.05, 0.1) is 11.1 Å². The summed E-state index contributed by atoms with van der Waals surface area (Å²) < 4.78 is 1.50. The number of aryl methyl sites for hydroxylation is 2. The van der Waals surface area contributed by atoms with Gasteiger partial charge in [-0.2, -0.15) is 5.10 Å². The average Bonchev–Trinajstić information content (AvgIpc) is 3.02. The van der Waals surface area contributed by atoms with Crippen LogP contribution in [0.3, 0.4) is 0 Å². The molecule has 0 bridgehead atoms. The van der Waals surface area contributed by atoms with Gasteiger partial charge >= 0.3 is 0 Å². The molecule has 138 valence electrons. The zero-order chi connectivity index (χ0) is 19.1. The molecule has 0 spiro atoms. The fraction of sp³-hybridized carbons (Fsp3) is 0.263. The quantitative estimate of drug-likeness (QED) is 0.724. The maximum absolute atomic E-state index is 12.8. The van der Waals surface area contributed by atoms with Crippen molar-refractivity contribution in [1.29, 1.82) is 0 Å². The topological polar surface area (TPSA) is 107 Å². The summed E-state index contributed by atoms with van der Waals surface area (Å²) in [6.45, 7) is 0. The molecule has 1 aliphatic carbocycles. The van der Waals surface area contributed by atoms with E-state index in [1.165, 1.54) is 16.0 Å². The molecule has 0 fully saturated rings. The van der Waals surface area contributed by atoms with Crippen molar-refractivity contribution in [2.24, 2.45) is 12.8 Å². The molecule has 0 radical (unpaired) electrons. The van der Waals surface area contributed by atoms with Crippen molar-refractivity contribution in [2.45, 2.75) is 25.7 Å². The summed E-state index contributed by atoms with van der Waals surface area (Å²) in [4.78, 5) is 38.5. The fourth-order valence-electron chi connectivity index (χ4n) is 3.55. The first-order valence-corrected chi connectivity index (χ1v) is 9.50. The molecule has 4 rings (SSSR count). The maximum atomic E-state index is 12.8. The number of rotatable bonds is 3. The molecule has 7 nitrogen and oxygen atoms in total. The van der Waals surface area contributed by atoms with E-state index in [0.717, 1.165) is 36.1 Å². The van der Waals surface area contributed by atoms with E-state index >= 15 is 0 Å². The first-order chi connectivity index (χ1) is 13.0. The van der Waals surface area contributed by atoms with Crippen LogP contribution >= 0.6 is 11.3 Å². The first-order valence-electron chi connectivity index (χ1n) is 8.69. The number of nitrogens with one attached hydrogen (secondary N) is 1. The smallest absolute Gasteiger partial charge is 0.280 e. The van der Waals surface area contributed by atoms with Gasteiger partial charge in [0.25, 0.3) is 11.8 Å². The van der Waals surface area contributed by atoms with Gasteiger partial charge < -0.3 is 11.1 Å². The highest BCUT2D eigenvalue weighted by Gasteiger charge is 2.26. The molecule has 0 atom stereocenters. The summed E-state index contributed by atoms with van der Waals surface area (Å²) in [5, 5.41) is 7.65. The second-order valence-electron chi connectivity index (χ2n) is 6.55. The predicted molar refractivity (Wildman–Crippen MR) is 104 cm³/mol. The van der Waals surface area contributed by atoms with Crippen molar-refractivity contribution in [1.82, 2.24) is 9.78 Å². The van der Waals surface area contributed by atoms with E-state index in [2.05, 4.69) is 10.4 Å². The molecule has 8 heteroatoms. The molecule has 27 heavy (non-hydrogen) atoms. The number of nitrogens with zero attached hydrogens (tertiary/aromatic N) is 2. The number of benzene rings is 1. The lowest BCUT2D eigenvalue weighted by Gasteiger charge is -2.11. The van der Waals surface area contributed by atoms with Crippen LogP contribution in [-0.2, 0) is 19.9 Å². The van der Waals surface area contributed by atoms with E-state index in [1.54, 1.807) is 31.3 Å². The van der Waals surface area contributed by atoms with E-state index in [-0.39, 0.29) is 5.69 Å². The second kappa shape index (κ2) is 6.62. The monoisotopic (exact) mass is 382 g/mol. The predicted octanol–water partition coefficient (Wildman–Crippen LogP) is 2.22. The number of primary amides is 1. The Labute approximate surface area is 158 Å². The number of thiophene rings is 1.